The predicted octanol–water partition coefficient (Wildman–Crippen LogP) is 9.06. The molecule has 4 fully saturated rings. The third-order valence-electron chi connectivity index (χ3n) is 17.0. The lowest BCUT2D eigenvalue weighted by molar-refractivity contribution is -0.196. The Kier molecular flexibility index (Phi) is 9.71. The summed E-state index contributed by atoms with van der Waals surface area (Å²) in [4.78, 5) is 28.3. The second kappa shape index (κ2) is 13.0. The number of fused-ring (bicyclic) bond motifs is 7. The summed E-state index contributed by atoms with van der Waals surface area (Å²) in [6.07, 6.45) is 14.1. The summed E-state index contributed by atoms with van der Waals surface area (Å²) < 4.78 is 34.2. The van der Waals surface area contributed by atoms with Gasteiger partial charge in [0.2, 0.25) is 0 Å². The smallest absolute Gasteiger partial charge is 0.312 e. The summed E-state index contributed by atoms with van der Waals surface area (Å²) in [7, 11) is -2.42. The lowest BCUT2D eigenvalue weighted by Crippen LogP contribution is -2.66. The number of Topliss-reactive ketones (excluding diaryl/α,β-unsaturated/α-hetero) is 1. The average Bonchev–Trinajstić information content (AvgIpc) is 3.38. The number of nitrogens with one attached hydrogen (secondary N) is 1. The lowest BCUT2D eigenvalue weighted by atomic mass is 9.33. The summed E-state index contributed by atoms with van der Waals surface area (Å²) in [6.45, 7) is 19.3. The number of hydrogen-bond acceptors (Lipinski definition) is 6. The Morgan fingerprint density at radius 3 is 2.29 bits per heavy atom. The average molecular weight is 743 g/mol. The molecule has 7 aliphatic rings. The monoisotopic (exact) mass is 742 g/mol. The first-order valence-electron chi connectivity index (χ1n) is 20.5. The van der Waals surface area contributed by atoms with Crippen molar-refractivity contribution in [3.05, 3.63) is 34.4 Å². The van der Waals surface area contributed by atoms with Crippen LogP contribution in [0, 0.1) is 50.7 Å². The molecule has 0 spiro atoms. The molecule has 0 radical (unpaired) electrons. The van der Waals surface area contributed by atoms with E-state index in [1.807, 2.05) is 0 Å². The molecule has 1 heterocycles. The number of carboxylic acids is 1. The largest absolute Gasteiger partial charge is 0.481 e. The first-order chi connectivity index (χ1) is 24.3. The zero-order chi connectivity index (χ0) is 37.7. The number of alkyl halides is 1. The van der Waals surface area contributed by atoms with Crippen LogP contribution in [0.3, 0.4) is 0 Å². The Labute approximate surface area is 314 Å². The van der Waals surface area contributed by atoms with Crippen LogP contribution in [0.4, 0.5) is 4.39 Å². The maximum atomic E-state index is 14.0. The van der Waals surface area contributed by atoms with Crippen LogP contribution in [0.2, 0.25) is 0 Å². The van der Waals surface area contributed by atoms with E-state index >= 15 is 0 Å². The molecular weight excluding hydrogens is 676 g/mol. The van der Waals surface area contributed by atoms with E-state index in [0.29, 0.717) is 67.4 Å². The first-order valence-corrected chi connectivity index (χ1v) is 22.4. The minimum absolute atomic E-state index is 0.0563. The predicted molar refractivity (Wildman–Crippen MR) is 208 cm³/mol. The third kappa shape index (κ3) is 5.70. The van der Waals surface area contributed by atoms with Crippen LogP contribution < -0.4 is 5.32 Å². The maximum absolute atomic E-state index is 14.0. The molecule has 292 valence electrons. The molecule has 52 heavy (non-hydrogen) atoms. The van der Waals surface area contributed by atoms with Crippen LogP contribution in [0.5, 0.6) is 0 Å². The van der Waals surface area contributed by atoms with Crippen LogP contribution >= 0.6 is 10.6 Å². The number of carbonyl (C=O) groups is 2. The highest BCUT2D eigenvalue weighted by Gasteiger charge is 2.69. The number of carboxylic acid groups (broad SMARTS) is 1. The molecule has 4 N–H and O–H groups in total. The molecule has 6 aliphatic carbocycles. The highest BCUT2D eigenvalue weighted by atomic mass is 32.3. The number of rotatable bonds is 8. The Bertz CT molecular complexity index is 1580. The topological polar surface area (TPSA) is 110 Å². The van der Waals surface area contributed by atoms with Gasteiger partial charge in [-0.2, -0.15) is 10.6 Å². The summed E-state index contributed by atoms with van der Waals surface area (Å²) in [6, 6.07) is 0. The van der Waals surface area contributed by atoms with E-state index in [2.05, 4.69) is 70.8 Å². The van der Waals surface area contributed by atoms with Crippen molar-refractivity contribution >= 4 is 22.3 Å². The van der Waals surface area contributed by atoms with E-state index in [0.717, 1.165) is 50.8 Å². The molecule has 9 heteroatoms. The first kappa shape index (κ1) is 38.7. The Morgan fingerprint density at radius 1 is 0.962 bits per heavy atom. The number of nitrogens with zero attached hydrogens (tertiary/aromatic N) is 1. The fraction of sp³-hybridized carbons (Fsp3) is 0.814. The SMILES string of the molecule is CC(C)C1=C2[C@H]3CC[C@@H]4[C@@]5(C)CC=C(C6=CCC(CF)(C(=O)O)CC6)C(C)(C)[C@@H]5CC[C@@]4(C)[C@]3(C)CC[C@@]2(NCCN2CCS(O)(O)CC2)CC1=O. The van der Waals surface area contributed by atoms with Gasteiger partial charge in [0.05, 0.1) is 16.9 Å². The van der Waals surface area contributed by atoms with Crippen LogP contribution in [-0.4, -0.2) is 80.8 Å². The lowest BCUT2D eigenvalue weighted by Gasteiger charge is -2.71. The van der Waals surface area contributed by atoms with Gasteiger partial charge in [0, 0.05) is 38.1 Å². The van der Waals surface area contributed by atoms with Gasteiger partial charge >= 0.3 is 5.97 Å². The van der Waals surface area contributed by atoms with Crippen molar-refractivity contribution < 1.29 is 28.2 Å². The summed E-state index contributed by atoms with van der Waals surface area (Å²) in [5, 5.41) is 13.8. The highest BCUT2D eigenvalue weighted by Crippen LogP contribution is 2.76. The Balaban J connectivity index is 1.16. The van der Waals surface area contributed by atoms with Crippen LogP contribution in [0.1, 0.15) is 119 Å². The van der Waals surface area contributed by atoms with E-state index in [4.69, 9.17) is 0 Å². The molecular formula is C43H67FN2O5S. The summed E-state index contributed by atoms with van der Waals surface area (Å²) in [5.74, 6) is 1.89. The molecule has 1 aliphatic heterocycles. The van der Waals surface area contributed by atoms with Gasteiger partial charge in [-0.15, -0.1) is 0 Å². The normalized spacial score (nSPS) is 43.5. The van der Waals surface area contributed by atoms with Crippen molar-refractivity contribution in [2.45, 2.75) is 125 Å². The van der Waals surface area contributed by atoms with Crippen molar-refractivity contribution in [2.24, 2.45) is 50.7 Å². The van der Waals surface area contributed by atoms with Gasteiger partial charge in [-0.3, -0.25) is 23.6 Å². The zero-order valence-corrected chi connectivity index (χ0v) is 33.9. The summed E-state index contributed by atoms with van der Waals surface area (Å²) >= 11 is 0. The zero-order valence-electron chi connectivity index (χ0n) is 33.1. The standard InChI is InChI=1S/C43H67FN2O5S/c1-28(2)35-32(47)26-43(45-20-21-46-22-24-52(50,51)25-23-46)19-18-40(6)31(36(35)43)8-9-34-39(5)14-12-30(38(3,4)33(39)13-15-41(34,40)7)29-10-16-42(27-44,17-11-29)37(48)49/h10,12,28,31,33-34,45,50-51H,8-9,11,13-27H2,1-7H3,(H,48,49)/t31-,33+,34-,39+,40-,41-,42?,43-/m1/s1. The minimum atomic E-state index is -2.42. The van der Waals surface area contributed by atoms with Gasteiger partial charge < -0.3 is 10.4 Å². The van der Waals surface area contributed by atoms with Gasteiger partial charge in [-0.25, -0.2) is 4.39 Å². The quantitative estimate of drug-likeness (QED) is 0.197. The Morgan fingerprint density at radius 2 is 1.67 bits per heavy atom. The van der Waals surface area contributed by atoms with E-state index in [1.54, 1.807) is 0 Å². The molecule has 1 saturated heterocycles. The van der Waals surface area contributed by atoms with Crippen molar-refractivity contribution in [2.75, 3.05) is 44.4 Å². The van der Waals surface area contributed by atoms with E-state index < -0.39 is 28.6 Å². The molecule has 1 unspecified atom stereocenters. The molecule has 3 saturated carbocycles. The molecule has 7 nitrogen and oxygen atoms in total. The van der Waals surface area contributed by atoms with Crippen molar-refractivity contribution in [3.8, 4) is 0 Å². The van der Waals surface area contributed by atoms with Crippen molar-refractivity contribution in [1.82, 2.24) is 10.2 Å². The van der Waals surface area contributed by atoms with Gasteiger partial charge in [-0.1, -0.05) is 60.6 Å². The molecule has 7 rings (SSSR count). The number of halogens is 1. The van der Waals surface area contributed by atoms with Gasteiger partial charge in [0.25, 0.3) is 0 Å². The second-order valence-corrected chi connectivity index (χ2v) is 22.4. The number of aliphatic carboxylic acids is 1. The minimum Gasteiger partial charge on any atom is -0.481 e. The van der Waals surface area contributed by atoms with Crippen molar-refractivity contribution in [1.29, 1.82) is 0 Å². The number of carbonyl (C=O) groups excluding carboxylic acids is 1. The Hall–Kier alpha value is -1.52. The van der Waals surface area contributed by atoms with Gasteiger partial charge in [-0.05, 0) is 132 Å². The molecule has 0 bridgehead atoms. The second-order valence-electron chi connectivity index (χ2n) is 20.0. The molecule has 0 aromatic carbocycles. The van der Waals surface area contributed by atoms with E-state index in [1.165, 1.54) is 29.6 Å². The van der Waals surface area contributed by atoms with Gasteiger partial charge in [0.1, 0.15) is 6.67 Å². The fourth-order valence-corrected chi connectivity index (χ4v) is 15.2. The molecule has 8 atom stereocenters. The number of allylic oxidation sites excluding steroid dienone is 5. The van der Waals surface area contributed by atoms with Crippen LogP contribution in [-0.2, 0) is 9.59 Å². The summed E-state index contributed by atoms with van der Waals surface area (Å²) in [5.41, 5.74) is 3.92. The van der Waals surface area contributed by atoms with E-state index in [-0.39, 0.29) is 39.5 Å². The van der Waals surface area contributed by atoms with E-state index in [9.17, 15) is 28.2 Å². The molecule has 0 aromatic rings. The molecule has 0 aromatic heterocycles. The fourth-order valence-electron chi connectivity index (χ4n) is 13.9. The van der Waals surface area contributed by atoms with Crippen molar-refractivity contribution in [3.63, 3.8) is 0 Å². The van der Waals surface area contributed by atoms with Crippen LogP contribution in [0.15, 0.2) is 34.4 Å². The third-order valence-corrected chi connectivity index (χ3v) is 18.7. The van der Waals surface area contributed by atoms with Crippen LogP contribution in [0.25, 0.3) is 0 Å². The van der Waals surface area contributed by atoms with Gasteiger partial charge in [0.15, 0.2) is 5.78 Å². The number of hydrogen-bond donors (Lipinski definition) is 4. The highest BCUT2D eigenvalue weighted by molar-refractivity contribution is 8.24. The molecule has 0 amide bonds. The number of ketones is 1. The maximum Gasteiger partial charge on any atom is 0.312 e.